The number of carbonyl (C=O) groups excluding carboxylic acids is 1. The summed E-state index contributed by atoms with van der Waals surface area (Å²) in [6, 6.07) is 16.8. The van der Waals surface area contributed by atoms with Gasteiger partial charge < -0.3 is 20.1 Å². The van der Waals surface area contributed by atoms with Gasteiger partial charge in [-0.15, -0.1) is 12.4 Å². The average Bonchev–Trinajstić information content (AvgIpc) is 2.69. The van der Waals surface area contributed by atoms with Gasteiger partial charge in [-0.2, -0.15) is 0 Å². The van der Waals surface area contributed by atoms with Crippen LogP contribution in [0.5, 0.6) is 11.5 Å². The number of piperidine rings is 1. The van der Waals surface area contributed by atoms with Crippen LogP contribution in [-0.2, 0) is 9.59 Å². The monoisotopic (exact) mass is 404 g/mol. The van der Waals surface area contributed by atoms with E-state index in [-0.39, 0.29) is 24.2 Å². The summed E-state index contributed by atoms with van der Waals surface area (Å²) in [6.07, 6.45) is 1.65. The highest BCUT2D eigenvalue weighted by Crippen LogP contribution is 2.29. The molecule has 1 heterocycles. The zero-order valence-electron chi connectivity index (χ0n) is 15.5. The third-order valence-electron chi connectivity index (χ3n) is 4.72. The van der Waals surface area contributed by atoms with E-state index in [2.05, 4.69) is 10.2 Å². The number of likely N-dealkylation sites (tertiary alicyclic amines) is 1. The number of carboxylic acid groups (broad SMARTS) is 1. The lowest BCUT2D eigenvalue weighted by Crippen LogP contribution is -2.37. The predicted octanol–water partition coefficient (Wildman–Crippen LogP) is 4.03. The molecule has 1 aliphatic rings. The van der Waals surface area contributed by atoms with Crippen LogP contribution in [0.2, 0.25) is 0 Å². The number of halogens is 1. The predicted molar refractivity (Wildman–Crippen MR) is 110 cm³/mol. The number of carboxylic acids is 1. The molecule has 0 spiro atoms. The topological polar surface area (TPSA) is 78.9 Å². The first-order valence-corrected chi connectivity index (χ1v) is 9.19. The Hall–Kier alpha value is -2.57. The van der Waals surface area contributed by atoms with Crippen molar-refractivity contribution in [2.24, 2.45) is 5.92 Å². The molecule has 0 bridgehead atoms. The van der Waals surface area contributed by atoms with Crippen molar-refractivity contribution in [1.29, 1.82) is 0 Å². The van der Waals surface area contributed by atoms with Gasteiger partial charge in [-0.05, 0) is 50.2 Å². The number of para-hydroxylation sites is 3. The minimum atomic E-state index is -0.720. The third-order valence-corrected chi connectivity index (χ3v) is 4.72. The molecule has 1 aliphatic heterocycles. The Labute approximate surface area is 170 Å². The molecular formula is C21H25ClN2O4. The Morgan fingerprint density at radius 1 is 1.04 bits per heavy atom. The van der Waals surface area contributed by atoms with Crippen LogP contribution >= 0.6 is 12.4 Å². The van der Waals surface area contributed by atoms with Crippen LogP contribution in [0.3, 0.4) is 0 Å². The maximum absolute atomic E-state index is 12.3. The lowest BCUT2D eigenvalue weighted by atomic mass is 9.97. The molecule has 3 rings (SSSR count). The highest BCUT2D eigenvalue weighted by molar-refractivity contribution is 5.92. The van der Waals surface area contributed by atoms with Gasteiger partial charge in [0.1, 0.15) is 5.75 Å². The number of hydrogen-bond acceptors (Lipinski definition) is 4. The van der Waals surface area contributed by atoms with Crippen LogP contribution in [0.4, 0.5) is 5.69 Å². The fourth-order valence-electron chi connectivity index (χ4n) is 3.15. The summed E-state index contributed by atoms with van der Waals surface area (Å²) >= 11 is 0. The number of aliphatic carboxylic acids is 1. The Morgan fingerprint density at radius 2 is 1.68 bits per heavy atom. The second-order valence-corrected chi connectivity index (χ2v) is 6.66. The van der Waals surface area contributed by atoms with Crippen LogP contribution < -0.4 is 10.1 Å². The molecular weight excluding hydrogens is 380 g/mol. The van der Waals surface area contributed by atoms with Crippen LogP contribution in [0, 0.1) is 5.92 Å². The van der Waals surface area contributed by atoms with E-state index in [0.29, 0.717) is 43.0 Å². The number of benzene rings is 2. The zero-order valence-corrected chi connectivity index (χ0v) is 16.4. The molecule has 0 radical (unpaired) electrons. The fourth-order valence-corrected chi connectivity index (χ4v) is 3.15. The van der Waals surface area contributed by atoms with Crippen LogP contribution in [0.15, 0.2) is 54.6 Å². The molecule has 0 unspecified atom stereocenters. The van der Waals surface area contributed by atoms with Crippen molar-refractivity contribution in [3.05, 3.63) is 54.6 Å². The molecule has 6 nitrogen and oxygen atoms in total. The number of anilines is 1. The van der Waals surface area contributed by atoms with Crippen molar-refractivity contribution in [3.63, 3.8) is 0 Å². The van der Waals surface area contributed by atoms with Crippen molar-refractivity contribution >= 4 is 30.0 Å². The molecule has 0 saturated carbocycles. The summed E-state index contributed by atoms with van der Waals surface area (Å²) in [5.74, 6) is 0.249. The van der Waals surface area contributed by atoms with Crippen LogP contribution in [0.25, 0.3) is 0 Å². The van der Waals surface area contributed by atoms with Crippen LogP contribution in [-0.4, -0.2) is 41.5 Å². The van der Waals surface area contributed by atoms with Gasteiger partial charge in [0, 0.05) is 13.0 Å². The van der Waals surface area contributed by atoms with Crippen molar-refractivity contribution in [2.45, 2.75) is 19.3 Å². The number of hydrogen-bond donors (Lipinski definition) is 2. The number of carbonyl (C=O) groups is 2. The van der Waals surface area contributed by atoms with Crippen molar-refractivity contribution in [1.82, 2.24) is 4.90 Å². The normalized spacial score (nSPS) is 14.7. The van der Waals surface area contributed by atoms with E-state index in [0.717, 1.165) is 13.1 Å². The highest BCUT2D eigenvalue weighted by Gasteiger charge is 2.24. The summed E-state index contributed by atoms with van der Waals surface area (Å²) < 4.78 is 5.86. The zero-order chi connectivity index (χ0) is 19.1. The summed E-state index contributed by atoms with van der Waals surface area (Å²) in [5.41, 5.74) is 0.635. The second kappa shape index (κ2) is 10.7. The average molecular weight is 405 g/mol. The van der Waals surface area contributed by atoms with E-state index >= 15 is 0 Å². The van der Waals surface area contributed by atoms with E-state index in [1.54, 1.807) is 0 Å². The molecule has 7 heteroatoms. The van der Waals surface area contributed by atoms with Crippen molar-refractivity contribution in [2.75, 3.05) is 25.0 Å². The van der Waals surface area contributed by atoms with Gasteiger partial charge >= 0.3 is 5.97 Å². The second-order valence-electron chi connectivity index (χ2n) is 6.66. The molecule has 1 amide bonds. The minimum absolute atomic E-state index is 0. The molecule has 2 aromatic rings. The van der Waals surface area contributed by atoms with E-state index < -0.39 is 5.97 Å². The fraction of sp³-hybridized carbons (Fsp3) is 0.333. The third kappa shape index (κ3) is 6.25. The lowest BCUT2D eigenvalue weighted by Gasteiger charge is -2.29. The first-order chi connectivity index (χ1) is 13.1. The quantitative estimate of drug-likeness (QED) is 0.728. The smallest absolute Gasteiger partial charge is 0.306 e. The Kier molecular flexibility index (Phi) is 8.29. The first-order valence-electron chi connectivity index (χ1n) is 9.19. The maximum Gasteiger partial charge on any atom is 0.306 e. The highest BCUT2D eigenvalue weighted by atomic mass is 35.5. The van der Waals surface area contributed by atoms with Crippen molar-refractivity contribution < 1.29 is 19.4 Å². The molecule has 1 fully saturated rings. The van der Waals surface area contributed by atoms with Gasteiger partial charge in [0.2, 0.25) is 5.91 Å². The maximum atomic E-state index is 12.3. The van der Waals surface area contributed by atoms with Crippen molar-refractivity contribution in [3.8, 4) is 11.5 Å². The number of nitrogens with zero attached hydrogens (tertiary/aromatic N) is 1. The van der Waals surface area contributed by atoms with Crippen LogP contribution in [0.1, 0.15) is 19.3 Å². The number of amides is 1. The Morgan fingerprint density at radius 3 is 2.36 bits per heavy atom. The van der Waals surface area contributed by atoms with Gasteiger partial charge in [-0.3, -0.25) is 9.59 Å². The SMILES string of the molecule is Cl.O=C(CCN1CCC(C(=O)O)CC1)Nc1ccccc1Oc1ccccc1. The molecule has 1 saturated heterocycles. The molecule has 0 aliphatic carbocycles. The van der Waals surface area contributed by atoms with Gasteiger partial charge in [-0.25, -0.2) is 0 Å². The largest absolute Gasteiger partial charge is 0.481 e. The van der Waals surface area contributed by atoms with E-state index in [1.807, 2.05) is 54.6 Å². The molecule has 2 N–H and O–H groups in total. The van der Waals surface area contributed by atoms with E-state index in [9.17, 15) is 9.59 Å². The number of rotatable bonds is 7. The van der Waals surface area contributed by atoms with E-state index in [4.69, 9.17) is 9.84 Å². The summed E-state index contributed by atoms with van der Waals surface area (Å²) in [4.78, 5) is 25.5. The van der Waals surface area contributed by atoms with Gasteiger partial charge in [0.25, 0.3) is 0 Å². The Balaban J connectivity index is 0.00000280. The molecule has 28 heavy (non-hydrogen) atoms. The molecule has 0 aromatic heterocycles. The Bertz CT molecular complexity index is 777. The van der Waals surface area contributed by atoms with Gasteiger partial charge in [0.15, 0.2) is 5.75 Å². The summed E-state index contributed by atoms with van der Waals surface area (Å²) in [6.45, 7) is 2.07. The standard InChI is InChI=1S/C21H24N2O4.ClH/c24-20(12-15-23-13-10-16(11-14-23)21(25)26)22-18-8-4-5-9-19(18)27-17-6-2-1-3-7-17;/h1-9,16H,10-15H2,(H,22,24)(H,25,26);1H. The minimum Gasteiger partial charge on any atom is -0.481 e. The summed E-state index contributed by atoms with van der Waals surface area (Å²) in [5, 5.41) is 12.0. The van der Waals surface area contributed by atoms with E-state index in [1.165, 1.54) is 0 Å². The summed E-state index contributed by atoms with van der Waals surface area (Å²) in [7, 11) is 0. The molecule has 150 valence electrons. The molecule has 0 atom stereocenters. The van der Waals surface area contributed by atoms with Gasteiger partial charge in [0.05, 0.1) is 11.6 Å². The van der Waals surface area contributed by atoms with Gasteiger partial charge in [-0.1, -0.05) is 30.3 Å². The first kappa shape index (κ1) is 21.7. The number of ether oxygens (including phenoxy) is 1. The number of nitrogens with one attached hydrogen (secondary N) is 1. The lowest BCUT2D eigenvalue weighted by molar-refractivity contribution is -0.143. The molecule has 2 aromatic carbocycles.